The van der Waals surface area contributed by atoms with Crippen LogP contribution in [0.3, 0.4) is 0 Å². The smallest absolute Gasteiger partial charge is 0.407 e. The number of ketones is 1. The fraction of sp³-hybridized carbons (Fsp3) is 0.200. The van der Waals surface area contributed by atoms with Crippen LogP contribution in [0.4, 0.5) is 4.79 Å². The van der Waals surface area contributed by atoms with E-state index in [2.05, 4.69) is 5.32 Å². The third-order valence-corrected chi connectivity index (χ3v) is 4.73. The van der Waals surface area contributed by atoms with Crippen LogP contribution in [0.15, 0.2) is 91.0 Å². The normalized spacial score (nSPS) is 11.4. The molecule has 0 bridgehead atoms. The third kappa shape index (κ3) is 6.61. The van der Waals surface area contributed by atoms with Crippen molar-refractivity contribution in [2.45, 2.75) is 19.4 Å². The fourth-order valence-corrected chi connectivity index (χ4v) is 3.19. The Labute approximate surface area is 171 Å². The van der Waals surface area contributed by atoms with Crippen molar-refractivity contribution in [3.63, 3.8) is 0 Å². The van der Waals surface area contributed by atoms with Gasteiger partial charge in [-0.2, -0.15) is 0 Å². The molecule has 0 saturated heterocycles. The van der Waals surface area contributed by atoms with E-state index in [1.807, 2.05) is 91.0 Å². The first-order valence-corrected chi connectivity index (χ1v) is 9.80. The number of rotatable bonds is 9. The van der Waals surface area contributed by atoms with Gasteiger partial charge in [-0.25, -0.2) is 4.79 Å². The number of ether oxygens (including phenoxy) is 1. The number of carbonyl (C=O) groups excluding carboxylic acids is 2. The van der Waals surface area contributed by atoms with Gasteiger partial charge in [0.1, 0.15) is 6.61 Å². The van der Waals surface area contributed by atoms with E-state index in [9.17, 15) is 9.59 Å². The molecule has 0 aliphatic carbocycles. The van der Waals surface area contributed by atoms with E-state index in [4.69, 9.17) is 4.74 Å². The maximum atomic E-state index is 13.0. The Balaban J connectivity index is 1.55. The van der Waals surface area contributed by atoms with Gasteiger partial charge >= 0.3 is 6.09 Å². The third-order valence-electron chi connectivity index (χ3n) is 4.73. The SMILES string of the molecule is O=C(NCCC(Cc1ccccc1)C(=O)c1ccccc1)OCc1ccccc1. The molecule has 0 aliphatic heterocycles. The molecule has 4 heteroatoms. The summed E-state index contributed by atoms with van der Waals surface area (Å²) in [6.45, 7) is 0.604. The molecule has 1 atom stereocenters. The number of hydrogen-bond donors (Lipinski definition) is 1. The Kier molecular flexibility index (Phi) is 7.58. The monoisotopic (exact) mass is 387 g/mol. The van der Waals surface area contributed by atoms with Crippen molar-refractivity contribution in [1.82, 2.24) is 5.32 Å². The molecule has 0 fully saturated rings. The molecule has 4 nitrogen and oxygen atoms in total. The van der Waals surface area contributed by atoms with E-state index in [1.165, 1.54) is 0 Å². The van der Waals surface area contributed by atoms with Crippen molar-refractivity contribution >= 4 is 11.9 Å². The summed E-state index contributed by atoms with van der Waals surface area (Å²) in [6.07, 6.45) is 0.706. The second-order valence-corrected chi connectivity index (χ2v) is 6.89. The first kappa shape index (κ1) is 20.3. The Bertz CT molecular complexity index is 895. The molecular formula is C25H25NO3. The average Bonchev–Trinajstić information content (AvgIpc) is 2.78. The van der Waals surface area contributed by atoms with E-state index in [1.54, 1.807) is 0 Å². The molecule has 0 spiro atoms. The lowest BCUT2D eigenvalue weighted by Crippen LogP contribution is -2.29. The minimum absolute atomic E-state index is 0.0916. The average molecular weight is 387 g/mol. The summed E-state index contributed by atoms with van der Waals surface area (Å²) in [5.74, 6) is -0.122. The van der Waals surface area contributed by atoms with Crippen LogP contribution in [0.1, 0.15) is 27.9 Å². The fourth-order valence-electron chi connectivity index (χ4n) is 3.19. The number of Topliss-reactive ketones (excluding diaryl/α,β-unsaturated/α-hetero) is 1. The van der Waals surface area contributed by atoms with Crippen LogP contribution in [-0.2, 0) is 17.8 Å². The number of hydrogen-bond acceptors (Lipinski definition) is 3. The molecule has 148 valence electrons. The summed E-state index contributed by atoms with van der Waals surface area (Å²) < 4.78 is 5.24. The van der Waals surface area contributed by atoms with Crippen molar-refractivity contribution in [3.05, 3.63) is 108 Å². The molecule has 0 saturated carbocycles. The maximum Gasteiger partial charge on any atom is 0.407 e. The second kappa shape index (κ2) is 10.8. The van der Waals surface area contributed by atoms with Crippen LogP contribution < -0.4 is 5.32 Å². The van der Waals surface area contributed by atoms with Crippen molar-refractivity contribution in [2.24, 2.45) is 5.92 Å². The molecule has 0 aliphatic rings. The molecule has 0 radical (unpaired) electrons. The lowest BCUT2D eigenvalue weighted by Gasteiger charge is -2.17. The van der Waals surface area contributed by atoms with Gasteiger partial charge in [0.05, 0.1) is 0 Å². The van der Waals surface area contributed by atoms with Gasteiger partial charge in [-0.1, -0.05) is 91.0 Å². The van der Waals surface area contributed by atoms with Gasteiger partial charge in [-0.3, -0.25) is 4.79 Å². The number of amides is 1. The van der Waals surface area contributed by atoms with Crippen LogP contribution in [0.2, 0.25) is 0 Å². The van der Waals surface area contributed by atoms with Crippen LogP contribution in [0, 0.1) is 5.92 Å². The van der Waals surface area contributed by atoms with Crippen molar-refractivity contribution in [1.29, 1.82) is 0 Å². The first-order chi connectivity index (χ1) is 14.2. The quantitative estimate of drug-likeness (QED) is 0.523. The van der Waals surface area contributed by atoms with Gasteiger partial charge in [-0.05, 0) is 24.0 Å². The molecule has 3 rings (SSSR count). The van der Waals surface area contributed by atoms with Gasteiger partial charge in [0.2, 0.25) is 0 Å². The summed E-state index contributed by atoms with van der Waals surface area (Å²) in [7, 11) is 0. The second-order valence-electron chi connectivity index (χ2n) is 6.89. The van der Waals surface area contributed by atoms with E-state index >= 15 is 0 Å². The van der Waals surface area contributed by atoms with Crippen LogP contribution >= 0.6 is 0 Å². The van der Waals surface area contributed by atoms with Crippen molar-refractivity contribution in [3.8, 4) is 0 Å². The first-order valence-electron chi connectivity index (χ1n) is 9.80. The standard InChI is InChI=1S/C25H25NO3/c27-24(22-14-8-3-9-15-22)23(18-20-10-4-1-5-11-20)16-17-26-25(28)29-19-21-12-6-2-7-13-21/h1-15,23H,16-19H2,(H,26,28). The highest BCUT2D eigenvalue weighted by molar-refractivity contribution is 5.98. The molecule has 1 N–H and O–H groups in total. The van der Waals surface area contributed by atoms with Gasteiger partial charge < -0.3 is 10.1 Å². The van der Waals surface area contributed by atoms with Gasteiger partial charge in [0.25, 0.3) is 0 Å². The van der Waals surface area contributed by atoms with E-state index in [0.717, 1.165) is 11.1 Å². The Hall–Kier alpha value is -3.40. The Morgan fingerprint density at radius 2 is 1.31 bits per heavy atom. The molecular weight excluding hydrogens is 362 g/mol. The number of alkyl carbamates (subject to hydrolysis) is 1. The number of carbonyl (C=O) groups is 2. The Morgan fingerprint density at radius 1 is 0.759 bits per heavy atom. The minimum atomic E-state index is -0.473. The highest BCUT2D eigenvalue weighted by Crippen LogP contribution is 2.18. The van der Waals surface area contributed by atoms with Crippen molar-refractivity contribution in [2.75, 3.05) is 6.54 Å². The molecule has 1 amide bonds. The van der Waals surface area contributed by atoms with Gasteiger partial charge in [-0.15, -0.1) is 0 Å². The largest absolute Gasteiger partial charge is 0.445 e. The highest BCUT2D eigenvalue weighted by Gasteiger charge is 2.20. The van der Waals surface area contributed by atoms with E-state index in [-0.39, 0.29) is 18.3 Å². The lowest BCUT2D eigenvalue weighted by atomic mass is 9.88. The number of benzene rings is 3. The predicted octanol–water partition coefficient (Wildman–Crippen LogP) is 5.04. The summed E-state index contributed by atoms with van der Waals surface area (Å²) in [5.41, 5.74) is 2.73. The van der Waals surface area contributed by atoms with Gasteiger partial charge in [0, 0.05) is 18.0 Å². The molecule has 0 aromatic heterocycles. The van der Waals surface area contributed by atoms with E-state index in [0.29, 0.717) is 24.9 Å². The molecule has 3 aromatic carbocycles. The zero-order valence-corrected chi connectivity index (χ0v) is 16.3. The molecule has 3 aromatic rings. The maximum absolute atomic E-state index is 13.0. The molecule has 0 heterocycles. The molecule has 1 unspecified atom stereocenters. The summed E-state index contributed by atoms with van der Waals surface area (Å²) in [6, 6.07) is 28.8. The van der Waals surface area contributed by atoms with E-state index < -0.39 is 6.09 Å². The zero-order chi connectivity index (χ0) is 20.3. The predicted molar refractivity (Wildman–Crippen MR) is 114 cm³/mol. The zero-order valence-electron chi connectivity index (χ0n) is 16.3. The van der Waals surface area contributed by atoms with Crippen LogP contribution in [0.25, 0.3) is 0 Å². The van der Waals surface area contributed by atoms with Crippen molar-refractivity contribution < 1.29 is 14.3 Å². The highest BCUT2D eigenvalue weighted by atomic mass is 16.5. The van der Waals surface area contributed by atoms with Gasteiger partial charge in [0.15, 0.2) is 5.78 Å². The minimum Gasteiger partial charge on any atom is -0.445 e. The van der Waals surface area contributed by atoms with Crippen LogP contribution in [0.5, 0.6) is 0 Å². The van der Waals surface area contributed by atoms with Crippen LogP contribution in [-0.4, -0.2) is 18.4 Å². The summed E-state index contributed by atoms with van der Waals surface area (Å²) >= 11 is 0. The molecule has 29 heavy (non-hydrogen) atoms. The Morgan fingerprint density at radius 3 is 1.93 bits per heavy atom. The summed E-state index contributed by atoms with van der Waals surface area (Å²) in [5, 5.41) is 2.76. The lowest BCUT2D eigenvalue weighted by molar-refractivity contribution is 0.0909. The number of nitrogens with one attached hydrogen (secondary N) is 1. The summed E-state index contributed by atoms with van der Waals surface area (Å²) in [4.78, 5) is 25.0. The topological polar surface area (TPSA) is 55.4 Å².